The molecule has 3 heterocycles. The highest BCUT2D eigenvalue weighted by Crippen LogP contribution is 2.35. The summed E-state index contributed by atoms with van der Waals surface area (Å²) < 4.78 is 27.3. The molecule has 38 heavy (non-hydrogen) atoms. The Morgan fingerprint density at radius 1 is 1.39 bits per heavy atom. The van der Waals surface area contributed by atoms with Crippen LogP contribution in [-0.4, -0.2) is 80.2 Å². The Morgan fingerprint density at radius 3 is 2.92 bits per heavy atom. The number of aromatic nitrogens is 4. The van der Waals surface area contributed by atoms with Crippen molar-refractivity contribution in [3.8, 4) is 0 Å². The summed E-state index contributed by atoms with van der Waals surface area (Å²) in [5.41, 5.74) is 7.37. The summed E-state index contributed by atoms with van der Waals surface area (Å²) in [5.74, 6) is -1.60. The molecule has 14 heteroatoms. The number of halogens is 2. The fraction of sp³-hybridized carbons (Fsp3) is 0.500. The Kier molecular flexibility index (Phi) is 8.63. The molecule has 1 saturated heterocycles. The van der Waals surface area contributed by atoms with Crippen LogP contribution in [0.2, 0.25) is 5.02 Å². The first-order valence-electron chi connectivity index (χ1n) is 12.2. The van der Waals surface area contributed by atoms with Gasteiger partial charge in [0, 0.05) is 25.2 Å². The fourth-order valence-electron chi connectivity index (χ4n) is 4.31. The quantitative estimate of drug-likeness (QED) is 0.220. The Balaban J connectivity index is 1.29. The Bertz CT molecular complexity index is 1270. The maximum absolute atomic E-state index is 13.3. The lowest BCUT2D eigenvalue weighted by Crippen LogP contribution is -2.41. The first kappa shape index (κ1) is 27.9. The smallest absolute Gasteiger partial charge is 0.319 e. The predicted molar refractivity (Wildman–Crippen MR) is 140 cm³/mol. The highest BCUT2D eigenvalue weighted by Gasteiger charge is 2.40. The number of carbonyl (C=O) groups excluding carboxylic acids is 1. The molecule has 1 fully saturated rings. The zero-order chi connectivity index (χ0) is 27.4. The molecule has 2 unspecified atom stereocenters. The topological polar surface area (TPSA) is 153 Å². The third kappa shape index (κ3) is 7.05. The van der Waals surface area contributed by atoms with E-state index < -0.39 is 23.9 Å². The van der Waals surface area contributed by atoms with Crippen molar-refractivity contribution in [3.05, 3.63) is 41.7 Å². The number of likely N-dealkylation sites (N-methyl/N-ethyl adjacent to an activating group) is 1. The summed E-state index contributed by atoms with van der Waals surface area (Å²) in [6, 6.07) is 3.56. The van der Waals surface area contributed by atoms with Crippen LogP contribution in [0, 0.1) is 5.82 Å². The average molecular weight is 551 g/mol. The van der Waals surface area contributed by atoms with Crippen LogP contribution < -0.4 is 16.4 Å². The van der Waals surface area contributed by atoms with Gasteiger partial charge in [0.15, 0.2) is 17.3 Å². The van der Waals surface area contributed by atoms with E-state index in [0.717, 1.165) is 0 Å². The molecular weight excluding hydrogens is 519 g/mol. The van der Waals surface area contributed by atoms with Gasteiger partial charge in [-0.3, -0.25) is 4.57 Å². The van der Waals surface area contributed by atoms with Crippen molar-refractivity contribution in [1.82, 2.24) is 29.7 Å². The van der Waals surface area contributed by atoms with Gasteiger partial charge in [0.1, 0.15) is 23.9 Å². The Morgan fingerprint density at radius 2 is 2.18 bits per heavy atom. The van der Waals surface area contributed by atoms with E-state index >= 15 is 0 Å². The molecular formula is C24H32ClFN8O4. The second-order valence-corrected chi connectivity index (χ2v) is 10.1. The van der Waals surface area contributed by atoms with E-state index in [1.807, 2.05) is 7.05 Å². The van der Waals surface area contributed by atoms with Crippen LogP contribution in [0.1, 0.15) is 32.9 Å². The van der Waals surface area contributed by atoms with Crippen molar-refractivity contribution in [2.24, 2.45) is 0 Å². The zero-order valence-corrected chi connectivity index (χ0v) is 22.2. The number of nitrogen functional groups attached to an aromatic ring is 1. The lowest BCUT2D eigenvalue weighted by molar-refractivity contribution is -0.215. The van der Waals surface area contributed by atoms with Gasteiger partial charge in [-0.05, 0) is 52.1 Å². The monoisotopic (exact) mass is 550 g/mol. The third-order valence-electron chi connectivity index (χ3n) is 5.99. The summed E-state index contributed by atoms with van der Waals surface area (Å²) in [6.45, 7) is 4.78. The summed E-state index contributed by atoms with van der Waals surface area (Å²) in [6.07, 6.45) is 3.01. The number of nitrogens with two attached hydrogens (primary N) is 1. The van der Waals surface area contributed by atoms with Crippen molar-refractivity contribution < 1.29 is 23.8 Å². The lowest BCUT2D eigenvalue weighted by Gasteiger charge is -2.29. The fourth-order valence-corrected chi connectivity index (χ4v) is 4.49. The van der Waals surface area contributed by atoms with Crippen LogP contribution in [0.3, 0.4) is 0 Å². The molecule has 5 N–H and O–H groups in total. The molecule has 3 atom stereocenters. The van der Waals surface area contributed by atoms with Gasteiger partial charge < -0.3 is 35.8 Å². The molecule has 12 nitrogen and oxygen atoms in total. The zero-order valence-electron chi connectivity index (χ0n) is 21.4. The number of hydrogen-bond acceptors (Lipinski definition) is 9. The molecule has 2 amide bonds. The van der Waals surface area contributed by atoms with Crippen LogP contribution >= 0.6 is 11.6 Å². The number of aliphatic hydroxyl groups is 1. The number of anilines is 2. The number of carbonyl (C=O) groups is 1. The van der Waals surface area contributed by atoms with Crippen molar-refractivity contribution >= 4 is 40.3 Å². The van der Waals surface area contributed by atoms with Gasteiger partial charge in [-0.25, -0.2) is 24.1 Å². The second kappa shape index (κ2) is 11.7. The number of rotatable bonds is 10. The summed E-state index contributed by atoms with van der Waals surface area (Å²) in [4.78, 5) is 26.8. The Hall–Kier alpha value is -3.10. The van der Waals surface area contributed by atoms with E-state index in [-0.39, 0.29) is 23.0 Å². The first-order chi connectivity index (χ1) is 18.0. The molecule has 0 aliphatic carbocycles. The van der Waals surface area contributed by atoms with Crippen LogP contribution in [0.4, 0.5) is 20.7 Å². The molecule has 4 rings (SSSR count). The minimum Gasteiger partial charge on any atom is -0.382 e. The number of fused-ring (bicyclic) bond motifs is 1. The molecule has 1 aliphatic rings. The van der Waals surface area contributed by atoms with Gasteiger partial charge in [-0.2, -0.15) is 0 Å². The number of imidazole rings is 1. The SMILES string of the molecule is CN(CCCNC(=O)Nc1ccc(F)c(Cl)c1)CC1OC(n2cnc3c(N)ncnc32)C[C@@H]1OC(C)(C)O. The van der Waals surface area contributed by atoms with Crippen molar-refractivity contribution in [2.45, 2.75) is 50.9 Å². The summed E-state index contributed by atoms with van der Waals surface area (Å²) in [7, 11) is 1.94. The number of hydrogen-bond donors (Lipinski definition) is 4. The molecule has 1 aliphatic heterocycles. The maximum atomic E-state index is 13.3. The maximum Gasteiger partial charge on any atom is 0.319 e. The summed E-state index contributed by atoms with van der Waals surface area (Å²) in [5, 5.41) is 15.6. The molecule has 0 spiro atoms. The van der Waals surface area contributed by atoms with E-state index in [2.05, 4.69) is 30.5 Å². The number of benzene rings is 1. The second-order valence-electron chi connectivity index (χ2n) is 9.68. The number of nitrogens with zero attached hydrogens (tertiary/aromatic N) is 5. The van der Waals surface area contributed by atoms with Crippen LogP contribution in [0.25, 0.3) is 11.2 Å². The third-order valence-corrected chi connectivity index (χ3v) is 6.28. The molecule has 206 valence electrons. The van der Waals surface area contributed by atoms with E-state index in [1.54, 1.807) is 24.7 Å². The molecule has 0 bridgehead atoms. The molecule has 0 radical (unpaired) electrons. The normalized spacial score (nSPS) is 19.8. The van der Waals surface area contributed by atoms with Crippen molar-refractivity contribution in [2.75, 3.05) is 37.7 Å². The van der Waals surface area contributed by atoms with Gasteiger partial charge >= 0.3 is 6.03 Å². The lowest BCUT2D eigenvalue weighted by atomic mass is 10.1. The largest absolute Gasteiger partial charge is 0.382 e. The average Bonchev–Trinajstić information content (AvgIpc) is 3.43. The van der Waals surface area contributed by atoms with Gasteiger partial charge in [-0.15, -0.1) is 0 Å². The van der Waals surface area contributed by atoms with E-state index in [0.29, 0.717) is 49.3 Å². The van der Waals surface area contributed by atoms with E-state index in [4.69, 9.17) is 26.8 Å². The standard InChI is InChI=1S/C24H32ClFN8O4/c1-24(2,36)38-17-10-19(34-13-31-20-21(27)29-12-30-22(20)34)37-18(17)11-33(3)8-4-7-28-23(35)32-14-5-6-16(26)15(25)9-14/h5-6,9,12-13,17-19,36H,4,7-8,10-11H2,1-3H3,(H2,27,29,30)(H2,28,32,35)/t17-,18?,19?/m0/s1. The molecule has 1 aromatic carbocycles. The van der Waals surface area contributed by atoms with Crippen LogP contribution in [0.15, 0.2) is 30.9 Å². The van der Waals surface area contributed by atoms with Gasteiger partial charge in [0.25, 0.3) is 0 Å². The van der Waals surface area contributed by atoms with Crippen molar-refractivity contribution in [3.63, 3.8) is 0 Å². The number of urea groups is 1. The van der Waals surface area contributed by atoms with E-state index in [1.165, 1.54) is 24.5 Å². The molecule has 3 aromatic rings. The van der Waals surface area contributed by atoms with Crippen LogP contribution in [0.5, 0.6) is 0 Å². The number of amides is 2. The number of nitrogens with one attached hydrogen (secondary N) is 2. The molecule has 0 saturated carbocycles. The predicted octanol–water partition coefficient (Wildman–Crippen LogP) is 2.75. The Labute approximate surface area is 224 Å². The minimum atomic E-state index is -1.34. The minimum absolute atomic E-state index is 0.0636. The van der Waals surface area contributed by atoms with Gasteiger partial charge in [-0.1, -0.05) is 11.6 Å². The summed E-state index contributed by atoms with van der Waals surface area (Å²) >= 11 is 5.74. The number of ether oxygens (including phenoxy) is 2. The van der Waals surface area contributed by atoms with Crippen molar-refractivity contribution in [1.29, 1.82) is 0 Å². The van der Waals surface area contributed by atoms with Gasteiger partial charge in [0.2, 0.25) is 0 Å². The van der Waals surface area contributed by atoms with Gasteiger partial charge in [0.05, 0.1) is 23.6 Å². The van der Waals surface area contributed by atoms with E-state index in [9.17, 15) is 14.3 Å². The highest BCUT2D eigenvalue weighted by molar-refractivity contribution is 6.31. The van der Waals surface area contributed by atoms with Crippen LogP contribution in [-0.2, 0) is 9.47 Å². The molecule has 2 aromatic heterocycles. The highest BCUT2D eigenvalue weighted by atomic mass is 35.5. The first-order valence-corrected chi connectivity index (χ1v) is 12.5.